The quantitative estimate of drug-likeness (QED) is 0.831. The minimum absolute atomic E-state index is 0.170. The van der Waals surface area contributed by atoms with Gasteiger partial charge in [-0.05, 0) is 24.3 Å². The lowest BCUT2D eigenvalue weighted by molar-refractivity contribution is 0.0689. The maximum absolute atomic E-state index is 11.0. The van der Waals surface area contributed by atoms with Crippen LogP contribution in [0.5, 0.6) is 0 Å². The number of carboxylic acid groups (broad SMARTS) is 1. The van der Waals surface area contributed by atoms with Gasteiger partial charge in [-0.25, -0.2) is 14.8 Å². The molecule has 5 heteroatoms. The van der Waals surface area contributed by atoms with Crippen LogP contribution in [0.4, 0.5) is 0 Å². The molecule has 2 aromatic rings. The Kier molecular flexibility index (Phi) is 1.92. The number of carbonyl (C=O) groups is 1. The molecule has 0 atom stereocenters. The first-order valence-electron chi connectivity index (χ1n) is 5.32. The van der Waals surface area contributed by atoms with Gasteiger partial charge < -0.3 is 5.11 Å². The molecule has 16 heavy (non-hydrogen) atoms. The van der Waals surface area contributed by atoms with Crippen LogP contribution in [0.2, 0.25) is 0 Å². The lowest BCUT2D eigenvalue weighted by Gasteiger charge is -2.25. The number of nitrogens with zero attached hydrogens (tertiary/aromatic N) is 3. The van der Waals surface area contributed by atoms with Gasteiger partial charge in [-0.2, -0.15) is 0 Å². The molecule has 1 N–H and O–H groups in total. The van der Waals surface area contributed by atoms with Crippen LogP contribution in [0.25, 0.3) is 5.78 Å². The lowest BCUT2D eigenvalue weighted by Crippen LogP contribution is -2.11. The van der Waals surface area contributed by atoms with Crippen molar-refractivity contribution < 1.29 is 9.90 Å². The van der Waals surface area contributed by atoms with Gasteiger partial charge in [0.2, 0.25) is 5.78 Å². The van der Waals surface area contributed by atoms with E-state index in [1.165, 1.54) is 25.5 Å². The van der Waals surface area contributed by atoms with Crippen molar-refractivity contribution in [3.63, 3.8) is 0 Å². The normalized spacial score (nSPS) is 16.2. The fraction of sp³-hybridized carbons (Fsp3) is 0.364. The highest BCUT2D eigenvalue weighted by Crippen LogP contribution is 2.35. The third kappa shape index (κ3) is 1.28. The number of rotatable bonds is 2. The van der Waals surface area contributed by atoms with E-state index in [1.54, 1.807) is 10.6 Å². The second-order valence-corrected chi connectivity index (χ2v) is 4.13. The van der Waals surface area contributed by atoms with Crippen molar-refractivity contribution in [2.45, 2.75) is 25.2 Å². The van der Waals surface area contributed by atoms with Gasteiger partial charge in [0.15, 0.2) is 5.69 Å². The van der Waals surface area contributed by atoms with Crippen molar-refractivity contribution in [2.24, 2.45) is 0 Å². The van der Waals surface area contributed by atoms with Crippen molar-refractivity contribution in [1.82, 2.24) is 14.4 Å². The molecule has 0 saturated heterocycles. The van der Waals surface area contributed by atoms with E-state index in [9.17, 15) is 4.79 Å². The van der Waals surface area contributed by atoms with Gasteiger partial charge in [-0.15, -0.1) is 0 Å². The van der Waals surface area contributed by atoms with Gasteiger partial charge in [0, 0.05) is 12.4 Å². The number of hydrogen-bond donors (Lipinski definition) is 1. The van der Waals surface area contributed by atoms with E-state index in [2.05, 4.69) is 9.97 Å². The van der Waals surface area contributed by atoms with Crippen LogP contribution in [0.1, 0.15) is 41.2 Å². The Morgan fingerprint density at radius 1 is 1.38 bits per heavy atom. The Balaban J connectivity index is 2.13. The average Bonchev–Trinajstić information content (AvgIpc) is 2.57. The highest BCUT2D eigenvalue weighted by atomic mass is 16.4. The van der Waals surface area contributed by atoms with Gasteiger partial charge in [0.1, 0.15) is 0 Å². The van der Waals surface area contributed by atoms with Crippen molar-refractivity contribution in [3.8, 4) is 0 Å². The second kappa shape index (κ2) is 3.30. The molecule has 1 fully saturated rings. The Hall–Kier alpha value is -1.91. The smallest absolute Gasteiger partial charge is 0.354 e. The molecule has 0 radical (unpaired) electrons. The maximum Gasteiger partial charge on any atom is 0.354 e. The fourth-order valence-corrected chi connectivity index (χ4v) is 2.00. The molecular weight excluding hydrogens is 206 g/mol. The van der Waals surface area contributed by atoms with Gasteiger partial charge in [-0.1, -0.05) is 6.42 Å². The SMILES string of the molecule is O=C(O)c1cnc2ncc(C3CCC3)cn12. The highest BCUT2D eigenvalue weighted by Gasteiger charge is 2.21. The Labute approximate surface area is 91.8 Å². The van der Waals surface area contributed by atoms with Gasteiger partial charge in [0.05, 0.1) is 6.20 Å². The number of hydrogen-bond acceptors (Lipinski definition) is 3. The molecule has 0 aromatic carbocycles. The first kappa shape index (κ1) is 9.33. The van der Waals surface area contributed by atoms with E-state index in [1.807, 2.05) is 6.20 Å². The van der Waals surface area contributed by atoms with Crippen LogP contribution in [-0.2, 0) is 0 Å². The van der Waals surface area contributed by atoms with Crippen molar-refractivity contribution >= 4 is 11.7 Å². The zero-order chi connectivity index (χ0) is 11.1. The number of fused-ring (bicyclic) bond motifs is 1. The number of aromatic nitrogens is 3. The van der Waals surface area contributed by atoms with Crippen LogP contribution in [0.3, 0.4) is 0 Å². The van der Waals surface area contributed by atoms with E-state index in [4.69, 9.17) is 5.11 Å². The molecule has 1 aliphatic rings. The first-order valence-corrected chi connectivity index (χ1v) is 5.32. The van der Waals surface area contributed by atoms with E-state index < -0.39 is 5.97 Å². The molecule has 3 rings (SSSR count). The van der Waals surface area contributed by atoms with Crippen LogP contribution < -0.4 is 0 Å². The van der Waals surface area contributed by atoms with E-state index in [0.29, 0.717) is 11.7 Å². The third-order valence-corrected chi connectivity index (χ3v) is 3.18. The molecular formula is C11H11N3O2. The summed E-state index contributed by atoms with van der Waals surface area (Å²) in [6, 6.07) is 0. The summed E-state index contributed by atoms with van der Waals surface area (Å²) < 4.78 is 1.55. The highest BCUT2D eigenvalue weighted by molar-refractivity contribution is 5.86. The minimum atomic E-state index is -0.972. The largest absolute Gasteiger partial charge is 0.477 e. The van der Waals surface area contributed by atoms with Crippen LogP contribution >= 0.6 is 0 Å². The predicted octanol–water partition coefficient (Wildman–Crippen LogP) is 1.69. The predicted molar refractivity (Wildman–Crippen MR) is 56.5 cm³/mol. The summed E-state index contributed by atoms with van der Waals surface area (Å²) in [6.07, 6.45) is 8.59. The Bertz CT molecular complexity index is 557. The third-order valence-electron chi connectivity index (χ3n) is 3.18. The van der Waals surface area contributed by atoms with Crippen molar-refractivity contribution in [2.75, 3.05) is 0 Å². The van der Waals surface area contributed by atoms with Crippen LogP contribution in [-0.4, -0.2) is 25.4 Å². The molecule has 0 unspecified atom stereocenters. The summed E-state index contributed by atoms with van der Waals surface area (Å²) in [7, 11) is 0. The minimum Gasteiger partial charge on any atom is -0.477 e. The molecule has 1 saturated carbocycles. The summed E-state index contributed by atoms with van der Waals surface area (Å²) in [5.74, 6) is 0.0153. The zero-order valence-electron chi connectivity index (χ0n) is 8.63. The van der Waals surface area contributed by atoms with Gasteiger partial charge in [0.25, 0.3) is 0 Å². The van der Waals surface area contributed by atoms with Crippen molar-refractivity contribution in [1.29, 1.82) is 0 Å². The molecule has 5 nitrogen and oxygen atoms in total. The van der Waals surface area contributed by atoms with E-state index in [-0.39, 0.29) is 5.69 Å². The summed E-state index contributed by atoms with van der Waals surface area (Å²) in [5.41, 5.74) is 1.28. The monoisotopic (exact) mass is 217 g/mol. The van der Waals surface area contributed by atoms with Gasteiger partial charge in [-0.3, -0.25) is 4.40 Å². The molecule has 2 heterocycles. The summed E-state index contributed by atoms with van der Waals surface area (Å²) in [5, 5.41) is 8.98. The zero-order valence-corrected chi connectivity index (χ0v) is 8.63. The van der Waals surface area contributed by atoms with Crippen molar-refractivity contribution in [3.05, 3.63) is 29.8 Å². The van der Waals surface area contributed by atoms with Crippen LogP contribution in [0, 0.1) is 0 Å². The Morgan fingerprint density at radius 3 is 2.75 bits per heavy atom. The summed E-state index contributed by atoms with van der Waals surface area (Å²) in [6.45, 7) is 0. The average molecular weight is 217 g/mol. The van der Waals surface area contributed by atoms with Gasteiger partial charge >= 0.3 is 5.97 Å². The number of aromatic carboxylic acids is 1. The molecule has 0 aliphatic heterocycles. The van der Waals surface area contributed by atoms with E-state index in [0.717, 1.165) is 5.56 Å². The molecule has 1 aliphatic carbocycles. The standard InChI is InChI=1S/C11H11N3O2/c15-10(16)9-5-13-11-12-4-8(6-14(9)11)7-2-1-3-7/h4-7H,1-3H2,(H,15,16). The molecule has 0 bridgehead atoms. The fourth-order valence-electron chi connectivity index (χ4n) is 2.00. The summed E-state index contributed by atoms with van der Waals surface area (Å²) >= 11 is 0. The molecule has 2 aromatic heterocycles. The van der Waals surface area contributed by atoms with Crippen LogP contribution in [0.15, 0.2) is 18.6 Å². The molecule has 82 valence electrons. The lowest BCUT2D eigenvalue weighted by atomic mass is 9.81. The Morgan fingerprint density at radius 2 is 2.12 bits per heavy atom. The maximum atomic E-state index is 11.0. The topological polar surface area (TPSA) is 67.5 Å². The number of imidazole rings is 1. The van der Waals surface area contributed by atoms with E-state index >= 15 is 0 Å². The molecule has 0 spiro atoms. The number of carboxylic acids is 1. The first-order chi connectivity index (χ1) is 7.75. The summed E-state index contributed by atoms with van der Waals surface area (Å²) in [4.78, 5) is 19.1. The second-order valence-electron chi connectivity index (χ2n) is 4.13. The molecule has 0 amide bonds.